The van der Waals surface area contributed by atoms with Crippen molar-refractivity contribution in [3.63, 3.8) is 0 Å². The fourth-order valence-corrected chi connectivity index (χ4v) is 3.51. The average Bonchev–Trinajstić information content (AvgIpc) is 2.29. The van der Waals surface area contributed by atoms with E-state index < -0.39 is 0 Å². The van der Waals surface area contributed by atoms with Crippen molar-refractivity contribution in [3.05, 3.63) is 0 Å². The fourth-order valence-electron chi connectivity index (χ4n) is 3.51. The van der Waals surface area contributed by atoms with Crippen molar-refractivity contribution in [2.75, 3.05) is 0 Å². The molecule has 2 nitrogen and oxygen atoms in total. The number of rotatable bonds is 3. The van der Waals surface area contributed by atoms with Gasteiger partial charge in [-0.05, 0) is 31.1 Å². The Labute approximate surface area is 93.5 Å². The Hall–Kier alpha value is -0.0800. The maximum absolute atomic E-state index is 9.69. The Morgan fingerprint density at radius 2 is 1.87 bits per heavy atom. The lowest BCUT2D eigenvalue weighted by molar-refractivity contribution is 0.0589. The molecular formula is C13H25NO. The summed E-state index contributed by atoms with van der Waals surface area (Å²) in [6, 6.07) is 0.596. The van der Waals surface area contributed by atoms with Gasteiger partial charge in [0.1, 0.15) is 6.23 Å². The molecular weight excluding hydrogens is 186 g/mol. The summed E-state index contributed by atoms with van der Waals surface area (Å²) in [4.78, 5) is 0. The van der Waals surface area contributed by atoms with Gasteiger partial charge in [-0.3, -0.25) is 5.32 Å². The zero-order valence-corrected chi connectivity index (χ0v) is 9.91. The van der Waals surface area contributed by atoms with Gasteiger partial charge in [-0.25, -0.2) is 0 Å². The van der Waals surface area contributed by atoms with Gasteiger partial charge < -0.3 is 5.11 Å². The quantitative estimate of drug-likeness (QED) is 0.703. The van der Waals surface area contributed by atoms with E-state index in [1.807, 2.05) is 6.92 Å². The number of hydrogen-bond donors (Lipinski definition) is 2. The zero-order chi connectivity index (χ0) is 10.7. The van der Waals surface area contributed by atoms with Crippen LogP contribution < -0.4 is 5.32 Å². The molecule has 4 atom stereocenters. The number of nitrogens with one attached hydrogen (secondary N) is 1. The van der Waals surface area contributed by atoms with Crippen LogP contribution in [0, 0.1) is 11.8 Å². The normalized spacial score (nSPS) is 38.4. The maximum Gasteiger partial charge on any atom is 0.104 e. The standard InChI is InChI=1S/C13H25NO/c1-2-13(15)14-12-9-5-7-10-6-3-4-8-11(10)12/h10-15H,2-9H2,1H3. The van der Waals surface area contributed by atoms with E-state index in [1.54, 1.807) is 0 Å². The van der Waals surface area contributed by atoms with Gasteiger partial charge in [0.25, 0.3) is 0 Å². The zero-order valence-electron chi connectivity index (χ0n) is 9.91. The predicted octanol–water partition coefficient (Wildman–Crippen LogP) is 2.66. The van der Waals surface area contributed by atoms with Gasteiger partial charge in [0.15, 0.2) is 0 Å². The van der Waals surface area contributed by atoms with Crippen molar-refractivity contribution in [1.82, 2.24) is 5.32 Å². The molecule has 0 aromatic heterocycles. The van der Waals surface area contributed by atoms with Crippen LogP contribution in [0.25, 0.3) is 0 Å². The van der Waals surface area contributed by atoms with E-state index in [0.29, 0.717) is 6.04 Å². The van der Waals surface area contributed by atoms with Crippen molar-refractivity contribution in [2.45, 2.75) is 70.6 Å². The highest BCUT2D eigenvalue weighted by Crippen LogP contribution is 2.40. The Morgan fingerprint density at radius 1 is 1.13 bits per heavy atom. The Kier molecular flexibility index (Phi) is 4.04. The lowest BCUT2D eigenvalue weighted by Crippen LogP contribution is -2.47. The molecule has 0 amide bonds. The van der Waals surface area contributed by atoms with Crippen molar-refractivity contribution < 1.29 is 5.11 Å². The minimum absolute atomic E-state index is 0.282. The summed E-state index contributed by atoms with van der Waals surface area (Å²) in [5.74, 6) is 1.81. The molecule has 0 heterocycles. The molecule has 2 aliphatic rings. The molecule has 0 radical (unpaired) electrons. The number of aliphatic hydroxyl groups is 1. The first-order chi connectivity index (χ1) is 7.31. The summed E-state index contributed by atoms with van der Waals surface area (Å²) in [5, 5.41) is 13.1. The van der Waals surface area contributed by atoms with Crippen LogP contribution in [0.5, 0.6) is 0 Å². The number of aliphatic hydroxyl groups excluding tert-OH is 1. The molecule has 2 rings (SSSR count). The molecule has 2 heteroatoms. The van der Waals surface area contributed by atoms with Crippen molar-refractivity contribution >= 4 is 0 Å². The Bertz CT molecular complexity index is 193. The largest absolute Gasteiger partial charge is 0.379 e. The van der Waals surface area contributed by atoms with Crippen molar-refractivity contribution in [3.8, 4) is 0 Å². The Morgan fingerprint density at radius 3 is 2.67 bits per heavy atom. The van der Waals surface area contributed by atoms with E-state index >= 15 is 0 Å². The molecule has 0 aromatic carbocycles. The average molecular weight is 211 g/mol. The SMILES string of the molecule is CCC(O)NC1CCCC2CCCCC21. The Balaban J connectivity index is 1.91. The van der Waals surface area contributed by atoms with Gasteiger partial charge in [-0.1, -0.05) is 39.0 Å². The molecule has 0 spiro atoms. The second kappa shape index (κ2) is 5.31. The third-order valence-corrected chi connectivity index (χ3v) is 4.37. The van der Waals surface area contributed by atoms with Crippen LogP contribution in [-0.4, -0.2) is 17.4 Å². The highest BCUT2D eigenvalue weighted by molar-refractivity contribution is 4.89. The highest BCUT2D eigenvalue weighted by atomic mass is 16.3. The first-order valence-corrected chi connectivity index (χ1v) is 6.75. The third-order valence-electron chi connectivity index (χ3n) is 4.37. The van der Waals surface area contributed by atoms with Crippen LogP contribution in [0.2, 0.25) is 0 Å². The summed E-state index contributed by atoms with van der Waals surface area (Å²) in [6.07, 6.45) is 10.3. The lowest BCUT2D eigenvalue weighted by atomic mass is 9.68. The molecule has 2 saturated carbocycles. The predicted molar refractivity (Wildman–Crippen MR) is 62.5 cm³/mol. The van der Waals surface area contributed by atoms with Gasteiger partial charge in [-0.2, -0.15) is 0 Å². The van der Waals surface area contributed by atoms with E-state index in [1.165, 1.54) is 44.9 Å². The van der Waals surface area contributed by atoms with Gasteiger partial charge in [0, 0.05) is 6.04 Å². The molecule has 88 valence electrons. The van der Waals surface area contributed by atoms with E-state index in [9.17, 15) is 5.11 Å². The van der Waals surface area contributed by atoms with E-state index in [-0.39, 0.29) is 6.23 Å². The fraction of sp³-hybridized carbons (Fsp3) is 1.00. The van der Waals surface area contributed by atoms with E-state index in [2.05, 4.69) is 5.32 Å². The molecule has 2 N–H and O–H groups in total. The van der Waals surface area contributed by atoms with Crippen molar-refractivity contribution in [2.24, 2.45) is 11.8 Å². The molecule has 4 unspecified atom stereocenters. The van der Waals surface area contributed by atoms with E-state index in [4.69, 9.17) is 0 Å². The molecule has 0 aromatic rings. The minimum atomic E-state index is -0.282. The summed E-state index contributed by atoms with van der Waals surface area (Å²) in [7, 11) is 0. The first-order valence-electron chi connectivity index (χ1n) is 6.75. The molecule has 0 aliphatic heterocycles. The number of hydrogen-bond acceptors (Lipinski definition) is 2. The van der Waals surface area contributed by atoms with Gasteiger partial charge >= 0.3 is 0 Å². The summed E-state index contributed by atoms with van der Waals surface area (Å²) in [5.41, 5.74) is 0. The van der Waals surface area contributed by atoms with Gasteiger partial charge in [-0.15, -0.1) is 0 Å². The maximum atomic E-state index is 9.69. The summed E-state index contributed by atoms with van der Waals surface area (Å²) < 4.78 is 0. The second-order valence-electron chi connectivity index (χ2n) is 5.34. The summed E-state index contributed by atoms with van der Waals surface area (Å²) in [6.45, 7) is 2.04. The van der Waals surface area contributed by atoms with E-state index in [0.717, 1.165) is 18.3 Å². The van der Waals surface area contributed by atoms with Crippen LogP contribution in [-0.2, 0) is 0 Å². The topological polar surface area (TPSA) is 32.3 Å². The summed E-state index contributed by atoms with van der Waals surface area (Å²) >= 11 is 0. The molecule has 15 heavy (non-hydrogen) atoms. The van der Waals surface area contributed by atoms with Gasteiger partial charge in [0.2, 0.25) is 0 Å². The monoisotopic (exact) mass is 211 g/mol. The molecule has 2 fully saturated rings. The van der Waals surface area contributed by atoms with Crippen molar-refractivity contribution in [1.29, 1.82) is 0 Å². The molecule has 0 bridgehead atoms. The number of fused-ring (bicyclic) bond motifs is 1. The van der Waals surface area contributed by atoms with Crippen LogP contribution in [0.4, 0.5) is 0 Å². The van der Waals surface area contributed by atoms with Crippen LogP contribution >= 0.6 is 0 Å². The van der Waals surface area contributed by atoms with Crippen LogP contribution in [0.3, 0.4) is 0 Å². The lowest BCUT2D eigenvalue weighted by Gasteiger charge is -2.42. The molecule has 2 aliphatic carbocycles. The highest BCUT2D eigenvalue weighted by Gasteiger charge is 2.35. The second-order valence-corrected chi connectivity index (χ2v) is 5.34. The van der Waals surface area contributed by atoms with Gasteiger partial charge in [0.05, 0.1) is 0 Å². The van der Waals surface area contributed by atoms with Crippen LogP contribution in [0.15, 0.2) is 0 Å². The van der Waals surface area contributed by atoms with Crippen LogP contribution in [0.1, 0.15) is 58.3 Å². The third kappa shape index (κ3) is 2.73. The smallest absolute Gasteiger partial charge is 0.104 e. The minimum Gasteiger partial charge on any atom is -0.379 e. The molecule has 0 saturated heterocycles. The first kappa shape index (κ1) is 11.4.